The van der Waals surface area contributed by atoms with E-state index in [1.165, 1.54) is 24.2 Å². The highest BCUT2D eigenvalue weighted by atomic mass is 16.5. The van der Waals surface area contributed by atoms with E-state index in [9.17, 15) is 4.79 Å². The Morgan fingerprint density at radius 1 is 1.33 bits per heavy atom. The van der Waals surface area contributed by atoms with Crippen LogP contribution in [0.15, 0.2) is 12.7 Å². The van der Waals surface area contributed by atoms with Crippen molar-refractivity contribution in [2.24, 2.45) is 0 Å². The molecule has 0 aromatic heterocycles. The van der Waals surface area contributed by atoms with Crippen LogP contribution in [0.1, 0.15) is 38.5 Å². The van der Waals surface area contributed by atoms with Gasteiger partial charge in [0.2, 0.25) is 0 Å². The van der Waals surface area contributed by atoms with E-state index in [4.69, 9.17) is 9.84 Å². The quantitative estimate of drug-likeness (QED) is 0.498. The lowest BCUT2D eigenvalue weighted by Crippen LogP contribution is -2.40. The zero-order valence-corrected chi connectivity index (χ0v) is 13.3. The van der Waals surface area contributed by atoms with Crippen LogP contribution in [0.4, 0.5) is 4.79 Å². The minimum atomic E-state index is -0.810. The van der Waals surface area contributed by atoms with Gasteiger partial charge in [0.1, 0.15) is 0 Å². The molecule has 0 bridgehead atoms. The molecule has 0 aliphatic carbocycles. The van der Waals surface area contributed by atoms with Gasteiger partial charge in [0.15, 0.2) is 0 Å². The van der Waals surface area contributed by atoms with Crippen LogP contribution in [0, 0.1) is 0 Å². The van der Waals surface area contributed by atoms with Gasteiger partial charge >= 0.3 is 6.09 Å². The number of unbranched alkanes of at least 4 members (excludes halogenated alkanes) is 3. The third-order valence-electron chi connectivity index (χ3n) is 3.94. The Morgan fingerprint density at radius 3 is 2.62 bits per heavy atom. The molecule has 21 heavy (non-hydrogen) atoms. The number of piperidine rings is 1. The zero-order chi connectivity index (χ0) is 15.5. The summed E-state index contributed by atoms with van der Waals surface area (Å²) < 4.78 is 5.83. The predicted octanol–water partition coefficient (Wildman–Crippen LogP) is 2.82. The number of amides is 1. The van der Waals surface area contributed by atoms with Crippen LogP contribution in [-0.2, 0) is 4.74 Å². The number of hydrogen-bond acceptors (Lipinski definition) is 3. The molecule has 1 N–H and O–H groups in total. The van der Waals surface area contributed by atoms with Gasteiger partial charge in [-0.15, -0.1) is 6.58 Å². The molecule has 0 aromatic carbocycles. The van der Waals surface area contributed by atoms with E-state index in [0.29, 0.717) is 13.1 Å². The average molecular weight is 298 g/mol. The van der Waals surface area contributed by atoms with E-state index in [1.54, 1.807) is 0 Å². The lowest BCUT2D eigenvalue weighted by Gasteiger charge is -2.29. The number of hydrogen-bond donors (Lipinski definition) is 1. The first-order chi connectivity index (χ1) is 10.1. The normalized spacial score (nSPS) is 16.4. The maximum atomic E-state index is 10.8. The summed E-state index contributed by atoms with van der Waals surface area (Å²) in [5, 5.41) is 8.87. The summed E-state index contributed by atoms with van der Waals surface area (Å²) in [6, 6.07) is 0. The van der Waals surface area contributed by atoms with Crippen LogP contribution < -0.4 is 0 Å². The van der Waals surface area contributed by atoms with Gasteiger partial charge in [-0.25, -0.2) is 4.79 Å². The van der Waals surface area contributed by atoms with Crippen molar-refractivity contribution in [2.45, 2.75) is 44.6 Å². The standard InChI is InChI=1S/C16H30N2O3/c1-3-10-17(2)11-6-4-5-7-14-21-15-8-12-18(13-9-15)16(19)20/h3,15H,1,4-14H2,2H3,(H,19,20). The van der Waals surface area contributed by atoms with Crippen molar-refractivity contribution >= 4 is 6.09 Å². The highest BCUT2D eigenvalue weighted by Gasteiger charge is 2.22. The summed E-state index contributed by atoms with van der Waals surface area (Å²) in [5.41, 5.74) is 0. The van der Waals surface area contributed by atoms with Gasteiger partial charge in [0.05, 0.1) is 6.10 Å². The molecule has 1 rings (SSSR count). The van der Waals surface area contributed by atoms with E-state index in [1.807, 2.05) is 6.08 Å². The predicted molar refractivity (Wildman–Crippen MR) is 84.7 cm³/mol. The largest absolute Gasteiger partial charge is 0.465 e. The van der Waals surface area contributed by atoms with Gasteiger partial charge in [-0.1, -0.05) is 18.9 Å². The van der Waals surface area contributed by atoms with Crippen molar-refractivity contribution in [1.29, 1.82) is 0 Å². The van der Waals surface area contributed by atoms with Crippen molar-refractivity contribution in [3.05, 3.63) is 12.7 Å². The number of likely N-dealkylation sites (N-methyl/N-ethyl adjacent to an activating group) is 1. The van der Waals surface area contributed by atoms with Crippen molar-refractivity contribution in [3.8, 4) is 0 Å². The minimum absolute atomic E-state index is 0.249. The summed E-state index contributed by atoms with van der Waals surface area (Å²) >= 11 is 0. The fraction of sp³-hybridized carbons (Fsp3) is 0.812. The molecule has 5 nitrogen and oxygen atoms in total. The monoisotopic (exact) mass is 298 g/mol. The number of carbonyl (C=O) groups is 1. The lowest BCUT2D eigenvalue weighted by atomic mass is 10.1. The molecule has 0 atom stereocenters. The Morgan fingerprint density at radius 2 is 2.00 bits per heavy atom. The van der Waals surface area contributed by atoms with Crippen LogP contribution >= 0.6 is 0 Å². The fourth-order valence-electron chi connectivity index (χ4n) is 2.61. The summed E-state index contributed by atoms with van der Waals surface area (Å²) in [6.45, 7) is 7.84. The molecular weight excluding hydrogens is 268 g/mol. The van der Waals surface area contributed by atoms with Crippen LogP contribution in [0.25, 0.3) is 0 Å². The second kappa shape index (κ2) is 10.6. The van der Waals surface area contributed by atoms with E-state index < -0.39 is 6.09 Å². The molecular formula is C16H30N2O3. The van der Waals surface area contributed by atoms with Crippen LogP contribution in [0.2, 0.25) is 0 Å². The Balaban J connectivity index is 1.91. The molecule has 0 aromatic rings. The summed E-state index contributed by atoms with van der Waals surface area (Å²) in [5.74, 6) is 0. The van der Waals surface area contributed by atoms with E-state index in [-0.39, 0.29) is 6.10 Å². The number of ether oxygens (including phenoxy) is 1. The number of likely N-dealkylation sites (tertiary alicyclic amines) is 1. The molecule has 0 spiro atoms. The van der Waals surface area contributed by atoms with Gasteiger partial charge in [-0.3, -0.25) is 0 Å². The van der Waals surface area contributed by atoms with Crippen LogP contribution in [0.5, 0.6) is 0 Å². The lowest BCUT2D eigenvalue weighted by molar-refractivity contribution is 0.00847. The molecule has 0 radical (unpaired) electrons. The van der Waals surface area contributed by atoms with Gasteiger partial charge in [0, 0.05) is 26.2 Å². The number of rotatable bonds is 10. The molecule has 0 saturated carbocycles. The Kier molecular flexibility index (Phi) is 9.10. The Labute approximate surface area is 128 Å². The number of nitrogens with zero attached hydrogens (tertiary/aromatic N) is 2. The van der Waals surface area contributed by atoms with Gasteiger partial charge in [-0.2, -0.15) is 0 Å². The molecule has 1 aliphatic rings. The first kappa shape index (κ1) is 18.0. The summed E-state index contributed by atoms with van der Waals surface area (Å²) in [4.78, 5) is 14.5. The molecule has 1 fully saturated rings. The molecule has 0 unspecified atom stereocenters. The molecule has 122 valence electrons. The Bertz CT molecular complexity index is 302. The van der Waals surface area contributed by atoms with Gasteiger partial charge < -0.3 is 19.6 Å². The fourth-order valence-corrected chi connectivity index (χ4v) is 2.61. The smallest absolute Gasteiger partial charge is 0.407 e. The van der Waals surface area contributed by atoms with Crippen molar-refractivity contribution in [3.63, 3.8) is 0 Å². The second-order valence-corrected chi connectivity index (χ2v) is 5.80. The van der Waals surface area contributed by atoms with Crippen LogP contribution in [-0.4, -0.2) is 66.9 Å². The van der Waals surface area contributed by atoms with Gasteiger partial charge in [-0.05, 0) is 39.3 Å². The first-order valence-corrected chi connectivity index (χ1v) is 8.02. The minimum Gasteiger partial charge on any atom is -0.465 e. The highest BCUT2D eigenvalue weighted by molar-refractivity contribution is 5.64. The zero-order valence-electron chi connectivity index (χ0n) is 13.3. The SMILES string of the molecule is C=CCN(C)CCCCCCOC1CCN(C(=O)O)CC1. The molecule has 1 saturated heterocycles. The summed E-state index contributed by atoms with van der Waals surface area (Å²) in [6.07, 6.45) is 7.80. The molecule has 5 heteroatoms. The Hall–Kier alpha value is -1.07. The number of carboxylic acid groups (broad SMARTS) is 1. The van der Waals surface area contributed by atoms with Crippen molar-refractivity contribution < 1.29 is 14.6 Å². The molecule has 1 aliphatic heterocycles. The maximum Gasteiger partial charge on any atom is 0.407 e. The maximum absolute atomic E-state index is 10.8. The highest BCUT2D eigenvalue weighted by Crippen LogP contribution is 2.14. The first-order valence-electron chi connectivity index (χ1n) is 8.02. The van der Waals surface area contributed by atoms with Crippen molar-refractivity contribution in [1.82, 2.24) is 9.80 Å². The van der Waals surface area contributed by atoms with E-state index in [0.717, 1.165) is 39.0 Å². The third-order valence-corrected chi connectivity index (χ3v) is 3.94. The second-order valence-electron chi connectivity index (χ2n) is 5.80. The third kappa shape index (κ3) is 8.07. The topological polar surface area (TPSA) is 53.0 Å². The van der Waals surface area contributed by atoms with E-state index >= 15 is 0 Å². The van der Waals surface area contributed by atoms with Gasteiger partial charge in [0.25, 0.3) is 0 Å². The molecule has 1 heterocycles. The van der Waals surface area contributed by atoms with E-state index in [2.05, 4.69) is 18.5 Å². The van der Waals surface area contributed by atoms with Crippen LogP contribution in [0.3, 0.4) is 0 Å². The molecule has 1 amide bonds. The summed E-state index contributed by atoms with van der Waals surface area (Å²) in [7, 11) is 2.12. The average Bonchev–Trinajstić information content (AvgIpc) is 2.47. The van der Waals surface area contributed by atoms with Crippen molar-refractivity contribution in [2.75, 3.05) is 39.8 Å².